The van der Waals surface area contributed by atoms with Gasteiger partial charge in [0.1, 0.15) is 11.9 Å². The SMILES string of the molecule is Cn1cc(C2C[C@H](O)c3cc(Br)ccc3O2)cn1. The highest BCUT2D eigenvalue weighted by Crippen LogP contribution is 2.41. The van der Waals surface area contributed by atoms with Crippen LogP contribution < -0.4 is 4.74 Å². The highest BCUT2D eigenvalue weighted by Gasteiger charge is 2.28. The van der Waals surface area contributed by atoms with Gasteiger partial charge in [0.05, 0.1) is 12.3 Å². The lowest BCUT2D eigenvalue weighted by atomic mass is 9.96. The Morgan fingerprint density at radius 3 is 3.06 bits per heavy atom. The van der Waals surface area contributed by atoms with Gasteiger partial charge in [-0.3, -0.25) is 4.68 Å². The molecular formula is C13H13BrN2O2. The van der Waals surface area contributed by atoms with Gasteiger partial charge in [-0.15, -0.1) is 0 Å². The van der Waals surface area contributed by atoms with Crippen LogP contribution in [0.4, 0.5) is 0 Å². The standard InChI is InChI=1S/C13H13BrN2O2/c1-16-7-8(6-15-16)13-5-11(17)10-4-9(14)2-3-12(10)18-13/h2-4,6-7,11,13,17H,5H2,1H3/t11-,13?/m0/s1. The molecule has 5 heteroatoms. The first-order chi connectivity index (χ1) is 8.63. The quantitative estimate of drug-likeness (QED) is 0.881. The van der Waals surface area contributed by atoms with Crippen molar-refractivity contribution in [1.29, 1.82) is 0 Å². The minimum Gasteiger partial charge on any atom is -0.485 e. The van der Waals surface area contributed by atoms with Crippen molar-refractivity contribution in [3.8, 4) is 5.75 Å². The third-order valence-corrected chi connectivity index (χ3v) is 3.63. The van der Waals surface area contributed by atoms with Crippen molar-refractivity contribution in [1.82, 2.24) is 9.78 Å². The average molecular weight is 309 g/mol. The van der Waals surface area contributed by atoms with E-state index in [1.54, 1.807) is 10.9 Å². The van der Waals surface area contributed by atoms with E-state index in [4.69, 9.17) is 4.74 Å². The number of hydrogen-bond donors (Lipinski definition) is 1. The van der Waals surface area contributed by atoms with Crippen molar-refractivity contribution in [3.05, 3.63) is 46.2 Å². The number of aliphatic hydroxyl groups excluding tert-OH is 1. The van der Waals surface area contributed by atoms with Crippen molar-refractivity contribution in [2.24, 2.45) is 7.05 Å². The molecule has 0 saturated heterocycles. The lowest BCUT2D eigenvalue weighted by molar-refractivity contribution is 0.0656. The molecule has 0 fully saturated rings. The number of aliphatic hydroxyl groups is 1. The Hall–Kier alpha value is -1.33. The van der Waals surface area contributed by atoms with Crippen LogP contribution in [0.3, 0.4) is 0 Å². The molecule has 0 radical (unpaired) electrons. The molecule has 1 N–H and O–H groups in total. The first-order valence-electron chi connectivity index (χ1n) is 5.76. The predicted molar refractivity (Wildman–Crippen MR) is 70.3 cm³/mol. The van der Waals surface area contributed by atoms with Crippen LogP contribution in [-0.2, 0) is 7.05 Å². The molecule has 2 aromatic rings. The lowest BCUT2D eigenvalue weighted by Crippen LogP contribution is -2.18. The summed E-state index contributed by atoms with van der Waals surface area (Å²) in [5.74, 6) is 0.741. The van der Waals surface area contributed by atoms with Crippen molar-refractivity contribution >= 4 is 15.9 Å². The van der Waals surface area contributed by atoms with Crippen LogP contribution in [0.2, 0.25) is 0 Å². The van der Waals surface area contributed by atoms with Crippen molar-refractivity contribution in [3.63, 3.8) is 0 Å². The van der Waals surface area contributed by atoms with Gasteiger partial charge in [-0.05, 0) is 18.2 Å². The Morgan fingerprint density at radius 2 is 2.33 bits per heavy atom. The molecule has 1 unspecified atom stereocenters. The van der Waals surface area contributed by atoms with E-state index >= 15 is 0 Å². The number of aryl methyl sites for hydroxylation is 1. The van der Waals surface area contributed by atoms with Gasteiger partial charge in [-0.1, -0.05) is 15.9 Å². The maximum absolute atomic E-state index is 10.2. The number of fused-ring (bicyclic) bond motifs is 1. The fraction of sp³-hybridized carbons (Fsp3) is 0.308. The number of hydrogen-bond acceptors (Lipinski definition) is 3. The normalized spacial score (nSPS) is 22.4. The van der Waals surface area contributed by atoms with E-state index in [0.717, 1.165) is 21.3 Å². The van der Waals surface area contributed by atoms with E-state index in [1.165, 1.54) is 0 Å². The highest BCUT2D eigenvalue weighted by atomic mass is 79.9. The van der Waals surface area contributed by atoms with Gasteiger partial charge < -0.3 is 9.84 Å². The van der Waals surface area contributed by atoms with Crippen LogP contribution in [0.1, 0.15) is 29.8 Å². The van der Waals surface area contributed by atoms with Crippen LogP contribution in [0.5, 0.6) is 5.75 Å². The van der Waals surface area contributed by atoms with Crippen LogP contribution in [0.25, 0.3) is 0 Å². The highest BCUT2D eigenvalue weighted by molar-refractivity contribution is 9.10. The molecule has 1 aromatic heterocycles. The minimum absolute atomic E-state index is 0.137. The third kappa shape index (κ3) is 2.04. The number of halogens is 1. The molecule has 4 nitrogen and oxygen atoms in total. The molecule has 0 bridgehead atoms. The van der Waals surface area contributed by atoms with Crippen LogP contribution >= 0.6 is 15.9 Å². The number of aromatic nitrogens is 2. The molecule has 0 amide bonds. The fourth-order valence-corrected chi connectivity index (χ4v) is 2.61. The molecule has 1 aromatic carbocycles. The molecule has 0 aliphatic carbocycles. The summed E-state index contributed by atoms with van der Waals surface area (Å²) in [7, 11) is 1.87. The number of ether oxygens (including phenoxy) is 1. The first kappa shape index (κ1) is 11.7. The summed E-state index contributed by atoms with van der Waals surface area (Å²) in [4.78, 5) is 0. The molecular weight excluding hydrogens is 296 g/mol. The number of nitrogens with zero attached hydrogens (tertiary/aromatic N) is 2. The summed E-state index contributed by atoms with van der Waals surface area (Å²) in [5, 5.41) is 14.3. The van der Waals surface area contributed by atoms with E-state index in [0.29, 0.717) is 6.42 Å². The van der Waals surface area contributed by atoms with Gasteiger partial charge in [-0.25, -0.2) is 0 Å². The van der Waals surface area contributed by atoms with Gasteiger partial charge in [0.15, 0.2) is 0 Å². The van der Waals surface area contributed by atoms with Crippen LogP contribution in [-0.4, -0.2) is 14.9 Å². The molecule has 2 atom stereocenters. The van der Waals surface area contributed by atoms with E-state index < -0.39 is 6.10 Å². The Balaban J connectivity index is 1.94. The van der Waals surface area contributed by atoms with Crippen LogP contribution in [0, 0.1) is 0 Å². The molecule has 18 heavy (non-hydrogen) atoms. The molecule has 2 heterocycles. The van der Waals surface area contributed by atoms with Crippen molar-refractivity contribution in [2.45, 2.75) is 18.6 Å². The molecule has 0 saturated carbocycles. The maximum atomic E-state index is 10.2. The summed E-state index contributed by atoms with van der Waals surface area (Å²) in [6, 6.07) is 5.70. The molecule has 94 valence electrons. The maximum Gasteiger partial charge on any atom is 0.130 e. The Labute approximate surface area is 113 Å². The fourth-order valence-electron chi connectivity index (χ4n) is 2.23. The second-order valence-corrected chi connectivity index (χ2v) is 5.40. The smallest absolute Gasteiger partial charge is 0.130 e. The van der Waals surface area contributed by atoms with Gasteiger partial charge >= 0.3 is 0 Å². The third-order valence-electron chi connectivity index (χ3n) is 3.13. The van der Waals surface area contributed by atoms with Crippen molar-refractivity contribution in [2.75, 3.05) is 0 Å². The van der Waals surface area contributed by atoms with E-state index in [-0.39, 0.29) is 6.10 Å². The topological polar surface area (TPSA) is 47.3 Å². The molecule has 0 spiro atoms. The Kier molecular flexibility index (Phi) is 2.87. The van der Waals surface area contributed by atoms with E-state index in [1.807, 2.05) is 31.4 Å². The average Bonchev–Trinajstić information content (AvgIpc) is 2.77. The van der Waals surface area contributed by atoms with Gasteiger partial charge in [-0.2, -0.15) is 5.10 Å². The molecule has 1 aliphatic heterocycles. The van der Waals surface area contributed by atoms with Crippen molar-refractivity contribution < 1.29 is 9.84 Å². The summed E-state index contributed by atoms with van der Waals surface area (Å²) in [5.41, 5.74) is 1.83. The zero-order valence-corrected chi connectivity index (χ0v) is 11.5. The van der Waals surface area contributed by atoms with E-state index in [9.17, 15) is 5.11 Å². The zero-order chi connectivity index (χ0) is 12.7. The number of rotatable bonds is 1. The van der Waals surface area contributed by atoms with Gasteiger partial charge in [0.25, 0.3) is 0 Å². The summed E-state index contributed by atoms with van der Waals surface area (Å²) < 4.78 is 8.61. The monoisotopic (exact) mass is 308 g/mol. The summed E-state index contributed by atoms with van der Waals surface area (Å²) in [6.07, 6.45) is 3.61. The first-order valence-corrected chi connectivity index (χ1v) is 6.55. The van der Waals surface area contributed by atoms with E-state index in [2.05, 4.69) is 21.0 Å². The van der Waals surface area contributed by atoms with Crippen LogP contribution in [0.15, 0.2) is 35.1 Å². The minimum atomic E-state index is -0.503. The lowest BCUT2D eigenvalue weighted by Gasteiger charge is -2.29. The summed E-state index contributed by atoms with van der Waals surface area (Å²) >= 11 is 3.40. The predicted octanol–water partition coefficient (Wildman–Crippen LogP) is 2.74. The number of benzene rings is 1. The second kappa shape index (κ2) is 4.40. The molecule has 3 rings (SSSR count). The van der Waals surface area contributed by atoms with Gasteiger partial charge in [0, 0.05) is 35.3 Å². The second-order valence-electron chi connectivity index (χ2n) is 4.49. The summed E-state index contributed by atoms with van der Waals surface area (Å²) in [6.45, 7) is 0. The Bertz CT molecular complexity index is 582. The Morgan fingerprint density at radius 1 is 1.50 bits per heavy atom. The van der Waals surface area contributed by atoms with Gasteiger partial charge in [0.2, 0.25) is 0 Å². The zero-order valence-electron chi connectivity index (χ0n) is 9.88. The largest absolute Gasteiger partial charge is 0.485 e. The molecule has 1 aliphatic rings.